The molecule has 29 heavy (non-hydrogen) atoms. The minimum absolute atomic E-state index is 0.199. The van der Waals surface area contributed by atoms with Crippen molar-refractivity contribution in [2.24, 2.45) is 11.3 Å². The number of ketones is 2. The summed E-state index contributed by atoms with van der Waals surface area (Å²) < 4.78 is 0. The summed E-state index contributed by atoms with van der Waals surface area (Å²) in [7, 11) is 0. The molecule has 0 saturated carbocycles. The minimum Gasteiger partial charge on any atom is -0.293 e. The van der Waals surface area contributed by atoms with Gasteiger partial charge in [0.25, 0.3) is 0 Å². The third-order valence-electron chi connectivity index (χ3n) is 5.56. The van der Waals surface area contributed by atoms with Crippen molar-refractivity contribution in [1.29, 1.82) is 0 Å². The van der Waals surface area contributed by atoms with Crippen molar-refractivity contribution < 1.29 is 14.4 Å². The van der Waals surface area contributed by atoms with Crippen LogP contribution in [0.2, 0.25) is 0 Å². The van der Waals surface area contributed by atoms with Crippen LogP contribution in [-0.4, -0.2) is 17.9 Å². The van der Waals surface area contributed by atoms with Gasteiger partial charge in [0.2, 0.25) is 6.29 Å². The lowest BCUT2D eigenvalue weighted by Gasteiger charge is -2.24. The fourth-order valence-corrected chi connectivity index (χ4v) is 3.74. The van der Waals surface area contributed by atoms with E-state index in [1.807, 2.05) is 0 Å². The average molecular weight is 404 g/mol. The second kappa shape index (κ2) is 15.3. The van der Waals surface area contributed by atoms with Gasteiger partial charge >= 0.3 is 0 Å². The fraction of sp³-hybridized carbons (Fsp3) is 0.731. The van der Waals surface area contributed by atoms with E-state index in [9.17, 15) is 14.4 Å². The Labute approximate surface area is 179 Å². The summed E-state index contributed by atoms with van der Waals surface area (Å²) in [5, 5.41) is 0. The van der Waals surface area contributed by atoms with Gasteiger partial charge in [0.05, 0.1) is 0 Å². The zero-order valence-electron chi connectivity index (χ0n) is 19.4. The van der Waals surface area contributed by atoms with Crippen LogP contribution < -0.4 is 0 Å². The molecule has 0 bridgehead atoms. The van der Waals surface area contributed by atoms with E-state index in [-0.39, 0.29) is 17.6 Å². The molecule has 0 rings (SSSR count). The van der Waals surface area contributed by atoms with Crippen molar-refractivity contribution >= 4 is 17.9 Å². The first-order valence-electron chi connectivity index (χ1n) is 11.5. The highest BCUT2D eigenvalue weighted by atomic mass is 16.2. The topological polar surface area (TPSA) is 51.2 Å². The molecule has 0 fully saturated rings. The molecule has 0 aliphatic carbocycles. The van der Waals surface area contributed by atoms with Crippen LogP contribution in [0.1, 0.15) is 111 Å². The standard InChI is InChI=1S/C26H43O3/c1-21(2)18-16-14-12-10-8-7-9-11-13-15-17-19-26(20-27,24(28)22(3)4)25(29)23(5)6/h21H,3,5,7-19H2,1-2,4,6H3. The van der Waals surface area contributed by atoms with Crippen LogP contribution in [-0.2, 0) is 14.4 Å². The summed E-state index contributed by atoms with van der Waals surface area (Å²) >= 11 is 0. The second-order valence-corrected chi connectivity index (χ2v) is 9.05. The molecular weight excluding hydrogens is 360 g/mol. The van der Waals surface area contributed by atoms with Crippen LogP contribution in [0.5, 0.6) is 0 Å². The molecule has 0 unspecified atom stereocenters. The Hall–Kier alpha value is -1.51. The molecule has 0 N–H and O–H groups in total. The first kappa shape index (κ1) is 27.5. The minimum atomic E-state index is -1.74. The van der Waals surface area contributed by atoms with Gasteiger partial charge in [-0.05, 0) is 37.3 Å². The Morgan fingerprint density at radius 1 is 0.724 bits per heavy atom. The Bertz CT molecular complexity index is 516. The summed E-state index contributed by atoms with van der Waals surface area (Å²) in [6, 6.07) is 0. The lowest BCUT2D eigenvalue weighted by Crippen LogP contribution is -2.41. The molecule has 0 saturated heterocycles. The molecule has 0 aromatic rings. The third kappa shape index (κ3) is 10.7. The Morgan fingerprint density at radius 2 is 1.07 bits per heavy atom. The molecule has 0 aliphatic heterocycles. The number of Topliss-reactive ketones (excluding diaryl/α,β-unsaturated/α-hetero) is 2. The molecule has 165 valence electrons. The number of rotatable bonds is 19. The number of hydrogen-bond acceptors (Lipinski definition) is 3. The zero-order valence-corrected chi connectivity index (χ0v) is 19.4. The smallest absolute Gasteiger partial charge is 0.221 e. The largest absolute Gasteiger partial charge is 0.293 e. The van der Waals surface area contributed by atoms with E-state index in [0.29, 0.717) is 6.42 Å². The van der Waals surface area contributed by atoms with E-state index in [1.165, 1.54) is 65.2 Å². The molecule has 0 aliphatic rings. The van der Waals surface area contributed by atoms with Crippen molar-refractivity contribution in [3.8, 4) is 0 Å². The van der Waals surface area contributed by atoms with Crippen molar-refractivity contribution in [2.75, 3.05) is 0 Å². The van der Waals surface area contributed by atoms with Crippen LogP contribution in [0.4, 0.5) is 0 Å². The first-order chi connectivity index (χ1) is 13.7. The molecule has 0 aromatic carbocycles. The molecule has 3 nitrogen and oxygen atoms in total. The molecule has 1 radical (unpaired) electrons. The van der Waals surface area contributed by atoms with Gasteiger partial charge < -0.3 is 0 Å². The highest BCUT2D eigenvalue weighted by Gasteiger charge is 2.46. The predicted octanol–water partition coefficient (Wildman–Crippen LogP) is 7.10. The van der Waals surface area contributed by atoms with Crippen LogP contribution in [0, 0.1) is 11.3 Å². The maximum atomic E-state index is 12.5. The number of unbranched alkanes of at least 4 members (excludes halogenated alkanes) is 10. The molecule has 0 atom stereocenters. The quantitative estimate of drug-likeness (QED) is 0.131. The normalized spacial score (nSPS) is 11.5. The van der Waals surface area contributed by atoms with Crippen LogP contribution in [0.25, 0.3) is 0 Å². The lowest BCUT2D eigenvalue weighted by molar-refractivity contribution is -0.132. The predicted molar refractivity (Wildman–Crippen MR) is 123 cm³/mol. The maximum absolute atomic E-state index is 12.5. The third-order valence-corrected chi connectivity index (χ3v) is 5.56. The van der Waals surface area contributed by atoms with Gasteiger partial charge in [-0.2, -0.15) is 0 Å². The van der Waals surface area contributed by atoms with Crippen LogP contribution in [0.3, 0.4) is 0 Å². The molecule has 0 aromatic heterocycles. The van der Waals surface area contributed by atoms with Crippen LogP contribution >= 0.6 is 0 Å². The van der Waals surface area contributed by atoms with Gasteiger partial charge in [-0.25, -0.2) is 0 Å². The van der Waals surface area contributed by atoms with Crippen molar-refractivity contribution in [2.45, 2.75) is 111 Å². The first-order valence-corrected chi connectivity index (χ1v) is 11.5. The second-order valence-electron chi connectivity index (χ2n) is 9.05. The Morgan fingerprint density at radius 3 is 1.38 bits per heavy atom. The van der Waals surface area contributed by atoms with E-state index >= 15 is 0 Å². The summed E-state index contributed by atoms with van der Waals surface area (Å²) in [4.78, 5) is 36.6. The molecule has 0 heterocycles. The molecule has 3 heteroatoms. The van der Waals surface area contributed by atoms with Crippen molar-refractivity contribution in [3.05, 3.63) is 24.3 Å². The number of hydrogen-bond donors (Lipinski definition) is 0. The summed E-state index contributed by atoms with van der Waals surface area (Å²) in [6.07, 6.45) is 16.3. The van der Waals surface area contributed by atoms with E-state index in [2.05, 4.69) is 27.0 Å². The number of carbonyl (C=O) groups excluding carboxylic acids is 3. The van der Waals surface area contributed by atoms with Gasteiger partial charge in [0, 0.05) is 0 Å². The highest BCUT2D eigenvalue weighted by molar-refractivity contribution is 6.27. The van der Waals surface area contributed by atoms with Gasteiger partial charge in [0.1, 0.15) is 0 Å². The zero-order chi connectivity index (χ0) is 22.3. The SMILES string of the molecule is C=C(C)C(=O)C([C]=O)(CCCCCCCCCCCCCC(C)C)C(=O)C(=C)C. The van der Waals surface area contributed by atoms with Crippen molar-refractivity contribution in [3.63, 3.8) is 0 Å². The molecular formula is C26H43O3. The number of allylic oxidation sites excluding steroid dienone is 2. The summed E-state index contributed by atoms with van der Waals surface area (Å²) in [5.41, 5.74) is -1.31. The van der Waals surface area contributed by atoms with E-state index in [1.54, 1.807) is 6.29 Å². The van der Waals surface area contributed by atoms with Crippen molar-refractivity contribution in [1.82, 2.24) is 0 Å². The summed E-state index contributed by atoms with van der Waals surface area (Å²) in [6.45, 7) is 14.9. The van der Waals surface area contributed by atoms with Gasteiger partial charge in [-0.15, -0.1) is 0 Å². The average Bonchev–Trinajstić information content (AvgIpc) is 2.67. The van der Waals surface area contributed by atoms with Crippen LogP contribution in [0.15, 0.2) is 24.3 Å². The maximum Gasteiger partial charge on any atom is 0.221 e. The monoisotopic (exact) mass is 403 g/mol. The summed E-state index contributed by atoms with van der Waals surface area (Å²) in [5.74, 6) is -0.217. The Kier molecular flexibility index (Phi) is 14.5. The van der Waals surface area contributed by atoms with Gasteiger partial charge in [-0.3, -0.25) is 14.4 Å². The van der Waals surface area contributed by atoms with E-state index in [0.717, 1.165) is 25.2 Å². The molecule has 0 spiro atoms. The van der Waals surface area contributed by atoms with E-state index in [4.69, 9.17) is 0 Å². The fourth-order valence-electron chi connectivity index (χ4n) is 3.74. The van der Waals surface area contributed by atoms with Gasteiger partial charge in [-0.1, -0.05) is 104 Å². The number of carbonyl (C=O) groups is 2. The van der Waals surface area contributed by atoms with E-state index < -0.39 is 17.0 Å². The highest BCUT2D eigenvalue weighted by Crippen LogP contribution is 2.31. The molecule has 0 amide bonds. The van der Waals surface area contributed by atoms with Gasteiger partial charge in [0.15, 0.2) is 17.0 Å². The Balaban J connectivity index is 4.07. The lowest BCUT2D eigenvalue weighted by atomic mass is 9.72.